The molecule has 0 atom stereocenters. The summed E-state index contributed by atoms with van der Waals surface area (Å²) in [5.74, 6) is -0.649. The Labute approximate surface area is 150 Å². The SMILES string of the molecule is CCCCOc1cn(COCC[Si](C)(C)C)nc(C(=O)OCC)c1=O. The lowest BCUT2D eigenvalue weighted by Crippen LogP contribution is -2.26. The van der Waals surface area contributed by atoms with Crippen LogP contribution in [-0.4, -0.2) is 43.6 Å². The average molecular weight is 371 g/mol. The van der Waals surface area contributed by atoms with E-state index in [1.807, 2.05) is 6.92 Å². The molecule has 7 nitrogen and oxygen atoms in total. The van der Waals surface area contributed by atoms with E-state index in [4.69, 9.17) is 14.2 Å². The van der Waals surface area contributed by atoms with Gasteiger partial charge in [-0.05, 0) is 19.4 Å². The fraction of sp³-hybridized carbons (Fsp3) is 0.706. The van der Waals surface area contributed by atoms with Crippen molar-refractivity contribution in [2.24, 2.45) is 0 Å². The standard InChI is InChI=1S/C17H30N2O5Si/c1-6-8-9-24-14-12-19(13-22-10-11-25(3,4)5)18-15(16(14)20)17(21)23-7-2/h12H,6-11,13H2,1-5H3. The third kappa shape index (κ3) is 7.83. The molecule has 142 valence electrons. The molecule has 0 fully saturated rings. The van der Waals surface area contributed by atoms with Gasteiger partial charge in [0.15, 0.2) is 5.75 Å². The molecule has 1 aromatic heterocycles. The van der Waals surface area contributed by atoms with Crippen molar-refractivity contribution < 1.29 is 19.0 Å². The van der Waals surface area contributed by atoms with Gasteiger partial charge in [-0.2, -0.15) is 5.10 Å². The van der Waals surface area contributed by atoms with Crippen LogP contribution in [0.4, 0.5) is 0 Å². The summed E-state index contributed by atoms with van der Waals surface area (Å²) in [6, 6.07) is 1.03. The van der Waals surface area contributed by atoms with Crippen molar-refractivity contribution in [1.29, 1.82) is 0 Å². The van der Waals surface area contributed by atoms with E-state index in [1.54, 1.807) is 6.92 Å². The van der Waals surface area contributed by atoms with Crippen LogP contribution >= 0.6 is 0 Å². The van der Waals surface area contributed by atoms with Crippen LogP contribution in [0.15, 0.2) is 11.0 Å². The number of nitrogens with zero attached hydrogens (tertiary/aromatic N) is 2. The Balaban J connectivity index is 2.91. The highest BCUT2D eigenvalue weighted by molar-refractivity contribution is 6.76. The molecule has 0 aliphatic carbocycles. The lowest BCUT2D eigenvalue weighted by atomic mass is 10.3. The predicted octanol–water partition coefficient (Wildman–Crippen LogP) is 2.91. The lowest BCUT2D eigenvalue weighted by Gasteiger charge is -2.16. The normalized spacial score (nSPS) is 11.4. The first kappa shape index (κ1) is 21.4. The molecule has 1 aromatic rings. The zero-order valence-corrected chi connectivity index (χ0v) is 17.0. The maximum Gasteiger partial charge on any atom is 0.363 e. The number of carbonyl (C=O) groups excluding carboxylic acids is 1. The van der Waals surface area contributed by atoms with Crippen LogP contribution < -0.4 is 10.2 Å². The zero-order chi connectivity index (χ0) is 18.9. The monoisotopic (exact) mass is 370 g/mol. The maximum absolute atomic E-state index is 12.4. The van der Waals surface area contributed by atoms with Crippen LogP contribution in [0.2, 0.25) is 25.7 Å². The van der Waals surface area contributed by atoms with E-state index < -0.39 is 19.5 Å². The summed E-state index contributed by atoms with van der Waals surface area (Å²) in [4.78, 5) is 24.3. The molecule has 1 heterocycles. The molecule has 0 amide bonds. The van der Waals surface area contributed by atoms with E-state index in [-0.39, 0.29) is 24.8 Å². The Morgan fingerprint density at radius 3 is 2.56 bits per heavy atom. The van der Waals surface area contributed by atoms with Crippen molar-refractivity contribution in [3.05, 3.63) is 22.1 Å². The van der Waals surface area contributed by atoms with Crippen LogP contribution in [0.1, 0.15) is 37.2 Å². The first-order valence-electron chi connectivity index (χ1n) is 8.78. The van der Waals surface area contributed by atoms with E-state index >= 15 is 0 Å². The largest absolute Gasteiger partial charge is 0.488 e. The van der Waals surface area contributed by atoms with Gasteiger partial charge in [0.05, 0.1) is 19.4 Å². The number of carbonyl (C=O) groups is 1. The second-order valence-corrected chi connectivity index (χ2v) is 12.6. The molecule has 0 aliphatic rings. The third-order valence-electron chi connectivity index (χ3n) is 3.38. The van der Waals surface area contributed by atoms with Crippen LogP contribution in [0.3, 0.4) is 0 Å². The minimum absolute atomic E-state index is 0.0975. The van der Waals surface area contributed by atoms with Gasteiger partial charge in [0.25, 0.3) is 5.43 Å². The predicted molar refractivity (Wildman–Crippen MR) is 99.0 cm³/mol. The van der Waals surface area contributed by atoms with Crippen molar-refractivity contribution in [1.82, 2.24) is 9.78 Å². The Bertz CT molecular complexity index is 610. The summed E-state index contributed by atoms with van der Waals surface area (Å²) in [7, 11) is -1.18. The first-order valence-corrected chi connectivity index (χ1v) is 12.5. The number of aromatic nitrogens is 2. The molecule has 0 saturated heterocycles. The van der Waals surface area contributed by atoms with Gasteiger partial charge in [0.1, 0.15) is 6.73 Å². The van der Waals surface area contributed by atoms with Gasteiger partial charge in [-0.1, -0.05) is 33.0 Å². The first-order chi connectivity index (χ1) is 11.8. The summed E-state index contributed by atoms with van der Waals surface area (Å²) in [6.07, 6.45) is 3.25. The number of ether oxygens (including phenoxy) is 3. The number of esters is 1. The highest BCUT2D eigenvalue weighted by Crippen LogP contribution is 2.09. The van der Waals surface area contributed by atoms with E-state index in [0.29, 0.717) is 13.2 Å². The van der Waals surface area contributed by atoms with E-state index in [0.717, 1.165) is 18.9 Å². The van der Waals surface area contributed by atoms with Gasteiger partial charge >= 0.3 is 5.97 Å². The Hall–Kier alpha value is -1.67. The van der Waals surface area contributed by atoms with E-state index in [1.165, 1.54) is 10.9 Å². The van der Waals surface area contributed by atoms with Crippen LogP contribution in [0, 0.1) is 0 Å². The molecule has 25 heavy (non-hydrogen) atoms. The summed E-state index contributed by atoms with van der Waals surface area (Å²) >= 11 is 0. The van der Waals surface area contributed by atoms with E-state index in [9.17, 15) is 9.59 Å². The quantitative estimate of drug-likeness (QED) is 0.338. The van der Waals surface area contributed by atoms with Crippen molar-refractivity contribution in [3.63, 3.8) is 0 Å². The molecule has 0 N–H and O–H groups in total. The Morgan fingerprint density at radius 2 is 1.96 bits per heavy atom. The fourth-order valence-electron chi connectivity index (χ4n) is 1.88. The highest BCUT2D eigenvalue weighted by Gasteiger charge is 2.19. The highest BCUT2D eigenvalue weighted by atomic mass is 28.3. The lowest BCUT2D eigenvalue weighted by molar-refractivity contribution is 0.0499. The van der Waals surface area contributed by atoms with Crippen LogP contribution in [0.5, 0.6) is 5.75 Å². The van der Waals surface area contributed by atoms with Gasteiger partial charge in [-0.15, -0.1) is 0 Å². The van der Waals surface area contributed by atoms with Crippen molar-refractivity contribution in [3.8, 4) is 5.75 Å². The van der Waals surface area contributed by atoms with Crippen molar-refractivity contribution in [2.75, 3.05) is 19.8 Å². The van der Waals surface area contributed by atoms with Crippen molar-refractivity contribution >= 4 is 14.0 Å². The number of hydrogen-bond acceptors (Lipinski definition) is 6. The maximum atomic E-state index is 12.4. The van der Waals surface area contributed by atoms with Crippen LogP contribution in [0.25, 0.3) is 0 Å². The molecule has 0 saturated carbocycles. The molecule has 0 radical (unpaired) electrons. The molecular weight excluding hydrogens is 340 g/mol. The summed E-state index contributed by atoms with van der Waals surface area (Å²) in [5.41, 5.74) is -0.822. The molecule has 0 unspecified atom stereocenters. The Kier molecular flexibility index (Phi) is 8.85. The molecule has 0 bridgehead atoms. The second-order valence-electron chi connectivity index (χ2n) is 6.98. The zero-order valence-electron chi connectivity index (χ0n) is 16.0. The molecule has 0 aliphatic heterocycles. The molecule has 0 aromatic carbocycles. The molecule has 8 heteroatoms. The van der Waals surface area contributed by atoms with Gasteiger partial charge in [-0.25, -0.2) is 9.48 Å². The average Bonchev–Trinajstić information content (AvgIpc) is 2.53. The van der Waals surface area contributed by atoms with Gasteiger partial charge in [0, 0.05) is 14.7 Å². The molecule has 1 rings (SSSR count). The second kappa shape index (κ2) is 10.3. The minimum atomic E-state index is -1.18. The number of unbranched alkanes of at least 4 members (excludes halogenated alkanes) is 1. The minimum Gasteiger partial charge on any atom is -0.488 e. The summed E-state index contributed by atoms with van der Waals surface area (Å²) in [5, 5.41) is 4.05. The van der Waals surface area contributed by atoms with Crippen LogP contribution in [-0.2, 0) is 16.2 Å². The smallest absolute Gasteiger partial charge is 0.363 e. The summed E-state index contributed by atoms with van der Waals surface area (Å²) < 4.78 is 17.5. The van der Waals surface area contributed by atoms with Crippen molar-refractivity contribution in [2.45, 2.75) is 59.1 Å². The number of hydrogen-bond donors (Lipinski definition) is 0. The Morgan fingerprint density at radius 1 is 1.24 bits per heavy atom. The molecule has 0 spiro atoms. The number of rotatable bonds is 11. The third-order valence-corrected chi connectivity index (χ3v) is 5.08. The molecular formula is C17H30N2O5Si. The van der Waals surface area contributed by atoms with Gasteiger partial charge in [0.2, 0.25) is 5.69 Å². The van der Waals surface area contributed by atoms with Gasteiger partial charge < -0.3 is 14.2 Å². The van der Waals surface area contributed by atoms with E-state index in [2.05, 4.69) is 24.7 Å². The van der Waals surface area contributed by atoms with Gasteiger partial charge in [-0.3, -0.25) is 4.79 Å². The topological polar surface area (TPSA) is 79.7 Å². The summed E-state index contributed by atoms with van der Waals surface area (Å²) in [6.45, 7) is 11.9. The fourth-order valence-corrected chi connectivity index (χ4v) is 2.63.